The van der Waals surface area contributed by atoms with Crippen LogP contribution in [0.4, 0.5) is 0 Å². The van der Waals surface area contributed by atoms with Gasteiger partial charge in [0.25, 0.3) is 5.91 Å². The van der Waals surface area contributed by atoms with E-state index in [4.69, 9.17) is 9.26 Å². The number of aromatic nitrogens is 1. The highest BCUT2D eigenvalue weighted by atomic mass is 32.2. The molecule has 7 nitrogen and oxygen atoms in total. The number of aryl methyl sites for hydroxylation is 2. The third-order valence-electron chi connectivity index (χ3n) is 4.54. The second-order valence-electron chi connectivity index (χ2n) is 6.60. The Bertz CT molecular complexity index is 885. The molecular weight excluding hydrogens is 356 g/mol. The molecule has 1 aliphatic rings. The van der Waals surface area contributed by atoms with Crippen molar-refractivity contribution in [1.29, 1.82) is 0 Å². The molecule has 1 atom stereocenters. The number of nitrogens with one attached hydrogen (secondary N) is 1. The Morgan fingerprint density at radius 2 is 2.19 bits per heavy atom. The third-order valence-corrected chi connectivity index (χ3v) is 6.38. The number of hydrogen-bond donors (Lipinski definition) is 1. The van der Waals surface area contributed by atoms with Crippen molar-refractivity contribution in [2.24, 2.45) is 5.92 Å². The lowest BCUT2D eigenvalue weighted by Crippen LogP contribution is -2.29. The van der Waals surface area contributed by atoms with Gasteiger partial charge in [-0.3, -0.25) is 4.79 Å². The molecule has 2 aromatic rings. The average Bonchev–Trinajstić information content (AvgIpc) is 3.12. The zero-order chi connectivity index (χ0) is 18.7. The molecule has 3 rings (SSSR count). The molecule has 0 bridgehead atoms. The van der Waals surface area contributed by atoms with Crippen LogP contribution in [0.15, 0.2) is 28.8 Å². The monoisotopic (exact) mass is 378 g/mol. The van der Waals surface area contributed by atoms with Gasteiger partial charge in [0.15, 0.2) is 9.84 Å². The van der Waals surface area contributed by atoms with E-state index in [1.54, 1.807) is 24.3 Å². The van der Waals surface area contributed by atoms with Gasteiger partial charge in [0.2, 0.25) is 0 Å². The van der Waals surface area contributed by atoms with E-state index in [-0.39, 0.29) is 23.3 Å². The number of nitrogens with zero attached hydrogens (tertiary/aromatic N) is 1. The molecule has 8 heteroatoms. The number of ether oxygens (including phenoxy) is 1. The molecule has 2 heterocycles. The molecule has 1 saturated heterocycles. The lowest BCUT2D eigenvalue weighted by Gasteiger charge is -2.11. The number of carbonyl (C=O) groups is 1. The van der Waals surface area contributed by atoms with Gasteiger partial charge in [-0.15, -0.1) is 0 Å². The minimum Gasteiger partial charge on any atom is -0.489 e. The molecule has 140 valence electrons. The van der Waals surface area contributed by atoms with Gasteiger partial charge in [-0.05, 0) is 44.4 Å². The van der Waals surface area contributed by atoms with Crippen molar-refractivity contribution in [3.63, 3.8) is 0 Å². The van der Waals surface area contributed by atoms with Gasteiger partial charge in [0, 0.05) is 12.1 Å². The Labute approximate surface area is 152 Å². The van der Waals surface area contributed by atoms with Crippen LogP contribution < -0.4 is 10.1 Å². The van der Waals surface area contributed by atoms with Gasteiger partial charge in [-0.1, -0.05) is 11.2 Å². The smallest absolute Gasteiger partial charge is 0.251 e. The van der Waals surface area contributed by atoms with Crippen LogP contribution in [-0.4, -0.2) is 37.5 Å². The highest BCUT2D eigenvalue weighted by molar-refractivity contribution is 7.91. The summed E-state index contributed by atoms with van der Waals surface area (Å²) < 4.78 is 33.8. The largest absolute Gasteiger partial charge is 0.489 e. The van der Waals surface area contributed by atoms with Crippen molar-refractivity contribution in [2.75, 3.05) is 18.1 Å². The molecule has 1 unspecified atom stereocenters. The van der Waals surface area contributed by atoms with Crippen molar-refractivity contribution in [1.82, 2.24) is 10.5 Å². The summed E-state index contributed by atoms with van der Waals surface area (Å²) >= 11 is 0. The van der Waals surface area contributed by atoms with Crippen LogP contribution in [0.3, 0.4) is 0 Å². The minimum atomic E-state index is -2.93. The van der Waals surface area contributed by atoms with Crippen molar-refractivity contribution in [3.8, 4) is 5.75 Å². The number of rotatable bonds is 6. The van der Waals surface area contributed by atoms with Crippen molar-refractivity contribution in [3.05, 3.63) is 46.8 Å². The highest BCUT2D eigenvalue weighted by Gasteiger charge is 2.28. The number of benzene rings is 1. The van der Waals surface area contributed by atoms with Crippen LogP contribution >= 0.6 is 0 Å². The number of sulfone groups is 1. The van der Waals surface area contributed by atoms with E-state index in [1.807, 2.05) is 13.8 Å². The van der Waals surface area contributed by atoms with E-state index < -0.39 is 9.84 Å². The predicted molar refractivity (Wildman–Crippen MR) is 95.8 cm³/mol. The van der Waals surface area contributed by atoms with E-state index >= 15 is 0 Å². The molecule has 26 heavy (non-hydrogen) atoms. The summed E-state index contributed by atoms with van der Waals surface area (Å²) in [6.07, 6.45) is 0.600. The Morgan fingerprint density at radius 3 is 2.85 bits per heavy atom. The van der Waals surface area contributed by atoms with Gasteiger partial charge in [-0.25, -0.2) is 8.42 Å². The van der Waals surface area contributed by atoms with Gasteiger partial charge in [-0.2, -0.15) is 0 Å². The average molecular weight is 378 g/mol. The Kier molecular flexibility index (Phi) is 5.31. The molecule has 1 aliphatic heterocycles. The molecule has 1 amide bonds. The molecule has 0 spiro atoms. The first-order valence-corrected chi connectivity index (χ1v) is 10.3. The second kappa shape index (κ2) is 7.49. The maximum Gasteiger partial charge on any atom is 0.251 e. The second-order valence-corrected chi connectivity index (χ2v) is 8.83. The number of amides is 1. The van der Waals surface area contributed by atoms with Crippen LogP contribution in [0, 0.1) is 19.8 Å². The summed E-state index contributed by atoms with van der Waals surface area (Å²) in [5.41, 5.74) is 2.15. The topological polar surface area (TPSA) is 98.5 Å². The first-order valence-electron chi connectivity index (χ1n) is 8.47. The van der Waals surface area contributed by atoms with Gasteiger partial charge < -0.3 is 14.6 Å². The Hall–Kier alpha value is -2.35. The normalized spacial score (nSPS) is 18.6. The first kappa shape index (κ1) is 18.4. The maximum absolute atomic E-state index is 12.3. The lowest BCUT2D eigenvalue weighted by atomic mass is 10.1. The SMILES string of the molecule is Cc1noc(C)c1COc1cccc(C(=O)NCC2CCS(=O)(=O)C2)c1. The zero-order valence-corrected chi connectivity index (χ0v) is 15.6. The van der Waals surface area contributed by atoms with E-state index in [0.717, 1.165) is 11.3 Å². The lowest BCUT2D eigenvalue weighted by molar-refractivity contribution is 0.0948. The van der Waals surface area contributed by atoms with E-state index in [9.17, 15) is 13.2 Å². The number of hydrogen-bond acceptors (Lipinski definition) is 6. The Morgan fingerprint density at radius 1 is 1.38 bits per heavy atom. The minimum absolute atomic E-state index is 0.0112. The van der Waals surface area contributed by atoms with E-state index in [0.29, 0.717) is 36.6 Å². The highest BCUT2D eigenvalue weighted by Crippen LogP contribution is 2.20. The molecule has 0 saturated carbocycles. The summed E-state index contributed by atoms with van der Waals surface area (Å²) in [6, 6.07) is 6.89. The molecule has 0 radical (unpaired) electrons. The van der Waals surface area contributed by atoms with E-state index in [1.165, 1.54) is 0 Å². The molecule has 1 aromatic heterocycles. The fourth-order valence-corrected chi connectivity index (χ4v) is 4.82. The molecule has 1 fully saturated rings. The number of carbonyl (C=O) groups excluding carboxylic acids is 1. The first-order chi connectivity index (χ1) is 12.3. The van der Waals surface area contributed by atoms with Crippen LogP contribution in [0.2, 0.25) is 0 Å². The fraction of sp³-hybridized carbons (Fsp3) is 0.444. The predicted octanol–water partition coefficient (Wildman–Crippen LogP) is 2.03. The molecular formula is C18H22N2O5S. The van der Waals surface area contributed by atoms with E-state index in [2.05, 4.69) is 10.5 Å². The fourth-order valence-electron chi connectivity index (χ4n) is 2.96. The maximum atomic E-state index is 12.3. The van der Waals surface area contributed by atoms with Gasteiger partial charge >= 0.3 is 0 Å². The third kappa shape index (κ3) is 4.43. The van der Waals surface area contributed by atoms with Crippen LogP contribution in [-0.2, 0) is 16.4 Å². The Balaban J connectivity index is 1.57. The van der Waals surface area contributed by atoms with Crippen LogP contribution in [0.1, 0.15) is 33.8 Å². The summed E-state index contributed by atoms with van der Waals surface area (Å²) in [7, 11) is -2.93. The summed E-state index contributed by atoms with van der Waals surface area (Å²) in [5.74, 6) is 1.39. The summed E-state index contributed by atoms with van der Waals surface area (Å²) in [5, 5.41) is 6.69. The van der Waals surface area contributed by atoms with Crippen LogP contribution in [0.25, 0.3) is 0 Å². The summed E-state index contributed by atoms with van der Waals surface area (Å²) in [4.78, 5) is 12.3. The van der Waals surface area contributed by atoms with Crippen molar-refractivity contribution < 1.29 is 22.5 Å². The quantitative estimate of drug-likeness (QED) is 0.826. The van der Waals surface area contributed by atoms with Crippen molar-refractivity contribution >= 4 is 15.7 Å². The molecule has 1 aromatic carbocycles. The summed E-state index contributed by atoms with van der Waals surface area (Å²) in [6.45, 7) is 4.35. The standard InChI is InChI=1S/C18H22N2O5S/c1-12-17(13(2)25-20-12)10-24-16-5-3-4-15(8-16)18(21)19-9-14-6-7-26(22,23)11-14/h3-5,8,14H,6-7,9-11H2,1-2H3,(H,19,21). The van der Waals surface area contributed by atoms with Gasteiger partial charge in [0.05, 0.1) is 22.8 Å². The van der Waals surface area contributed by atoms with Crippen LogP contribution in [0.5, 0.6) is 5.75 Å². The molecule has 1 N–H and O–H groups in total. The zero-order valence-electron chi connectivity index (χ0n) is 14.8. The van der Waals surface area contributed by atoms with Gasteiger partial charge in [0.1, 0.15) is 18.1 Å². The van der Waals surface area contributed by atoms with Crippen molar-refractivity contribution in [2.45, 2.75) is 26.9 Å². The molecule has 0 aliphatic carbocycles.